The predicted molar refractivity (Wildman–Crippen MR) is 71.1 cm³/mol. The Balaban J connectivity index is 2.96. The van der Waals surface area contributed by atoms with Gasteiger partial charge in [-0.15, -0.1) is 0 Å². The molecule has 0 unspecified atom stereocenters. The lowest BCUT2D eigenvalue weighted by Crippen LogP contribution is -2.60. The average molecular weight is 304 g/mol. The van der Waals surface area contributed by atoms with Gasteiger partial charge in [0.25, 0.3) is 0 Å². The fourth-order valence-corrected chi connectivity index (χ4v) is 7.73. The first-order valence-corrected chi connectivity index (χ1v) is 9.42. The van der Waals surface area contributed by atoms with Crippen molar-refractivity contribution in [1.82, 2.24) is 0 Å². The topological polar surface area (TPSA) is 26.3 Å². The van der Waals surface area contributed by atoms with Crippen molar-refractivity contribution < 1.29 is 9.53 Å². The van der Waals surface area contributed by atoms with Crippen molar-refractivity contribution in [2.24, 2.45) is 0 Å². The molecule has 16 heavy (non-hydrogen) atoms. The summed E-state index contributed by atoms with van der Waals surface area (Å²) in [4.78, 5) is 11.6. The summed E-state index contributed by atoms with van der Waals surface area (Å²) in [6, 6.07) is 3.07. The van der Waals surface area contributed by atoms with Crippen molar-refractivity contribution >= 4 is 48.8 Å². The van der Waals surface area contributed by atoms with E-state index in [1.807, 2.05) is 0 Å². The monoisotopic (exact) mass is 302 g/mol. The molecule has 0 amide bonds. The first-order chi connectivity index (χ1) is 7.32. The zero-order valence-corrected chi connectivity index (χ0v) is 13.0. The molecule has 0 aliphatic carbocycles. The molecular formula is C10H17Cl3O2Si. The molecule has 0 spiro atoms. The third kappa shape index (κ3) is 2.38. The number of alkyl halides is 3. The predicted octanol–water partition coefficient (Wildman–Crippen LogP) is 4.16. The molecule has 2 atom stereocenters. The largest absolute Gasteiger partial charge is 0.457 e. The van der Waals surface area contributed by atoms with Crippen LogP contribution < -0.4 is 0 Å². The van der Waals surface area contributed by atoms with Crippen LogP contribution in [0.5, 0.6) is 0 Å². The van der Waals surface area contributed by atoms with Crippen LogP contribution in [0.15, 0.2) is 0 Å². The van der Waals surface area contributed by atoms with E-state index in [9.17, 15) is 4.79 Å². The minimum atomic E-state index is -1.70. The Morgan fingerprint density at radius 2 is 1.62 bits per heavy atom. The molecule has 0 bridgehead atoms. The zero-order valence-electron chi connectivity index (χ0n) is 9.73. The number of carbonyl (C=O) groups excluding carboxylic acids is 1. The minimum Gasteiger partial charge on any atom is -0.457 e. The van der Waals surface area contributed by atoms with E-state index < -0.39 is 18.0 Å². The van der Waals surface area contributed by atoms with Gasteiger partial charge in [0.15, 0.2) is 6.10 Å². The molecule has 6 heteroatoms. The quantitative estimate of drug-likeness (QED) is 0.443. The Morgan fingerprint density at radius 3 is 1.88 bits per heavy atom. The summed E-state index contributed by atoms with van der Waals surface area (Å²) in [5, 5.41) is 0. The van der Waals surface area contributed by atoms with Gasteiger partial charge in [-0.1, -0.05) is 73.7 Å². The van der Waals surface area contributed by atoms with Gasteiger partial charge >= 0.3 is 5.97 Å². The Labute approximate surface area is 113 Å². The number of cyclic esters (lactones) is 1. The lowest BCUT2D eigenvalue weighted by molar-refractivity contribution is -0.169. The summed E-state index contributed by atoms with van der Waals surface area (Å²) < 4.78 is 3.54. The van der Waals surface area contributed by atoms with E-state index in [4.69, 9.17) is 39.5 Å². The average Bonchev–Trinajstić information content (AvgIpc) is 2.20. The molecule has 1 heterocycles. The van der Waals surface area contributed by atoms with E-state index in [0.717, 1.165) is 18.1 Å². The number of ether oxygens (including phenoxy) is 1. The highest BCUT2D eigenvalue weighted by molar-refractivity contribution is 6.85. The van der Waals surface area contributed by atoms with Crippen molar-refractivity contribution in [2.45, 2.75) is 54.3 Å². The molecule has 1 saturated heterocycles. The van der Waals surface area contributed by atoms with Crippen LogP contribution in [0.4, 0.5) is 0 Å². The van der Waals surface area contributed by atoms with E-state index in [1.54, 1.807) is 0 Å². The molecule has 0 saturated carbocycles. The van der Waals surface area contributed by atoms with Gasteiger partial charge in [-0.05, 0) is 0 Å². The Kier molecular flexibility index (Phi) is 4.61. The molecule has 0 aromatic carbocycles. The van der Waals surface area contributed by atoms with Gasteiger partial charge in [0.05, 0.1) is 13.6 Å². The van der Waals surface area contributed by atoms with E-state index >= 15 is 0 Å². The first kappa shape index (κ1) is 14.6. The lowest BCUT2D eigenvalue weighted by Gasteiger charge is -2.48. The second kappa shape index (κ2) is 5.05. The summed E-state index contributed by atoms with van der Waals surface area (Å²) in [7, 11) is -1.70. The molecule has 0 N–H and O–H groups in total. The summed E-state index contributed by atoms with van der Waals surface area (Å²) in [6.45, 7) is 6.38. The number of halogens is 3. The van der Waals surface area contributed by atoms with Crippen LogP contribution in [0.2, 0.25) is 23.7 Å². The van der Waals surface area contributed by atoms with Crippen molar-refractivity contribution in [3.05, 3.63) is 0 Å². The Morgan fingerprint density at radius 1 is 1.19 bits per heavy atom. The minimum absolute atomic E-state index is 0.153. The second-order valence-corrected chi connectivity index (χ2v) is 12.1. The van der Waals surface area contributed by atoms with Crippen molar-refractivity contribution in [2.75, 3.05) is 0 Å². The Bertz CT molecular complexity index is 265. The molecule has 1 aliphatic heterocycles. The molecule has 0 aromatic rings. The normalized spacial score (nSPS) is 26.2. The van der Waals surface area contributed by atoms with Crippen molar-refractivity contribution in [3.8, 4) is 0 Å². The number of esters is 1. The third-order valence-corrected chi connectivity index (χ3v) is 10.6. The molecular weight excluding hydrogens is 287 g/mol. The first-order valence-electron chi connectivity index (χ1n) is 5.59. The standard InChI is InChI=1S/C10H17Cl3O2Si/c1-4-16(5-2,6-3)7-8(10(11,12)13)15-9(7)14/h7-8H,4-6H2,1-3H3/t7-,8+/m0/s1. The molecule has 1 aliphatic rings. The van der Waals surface area contributed by atoms with E-state index in [0.29, 0.717) is 0 Å². The van der Waals surface area contributed by atoms with Gasteiger partial charge in [0.2, 0.25) is 3.79 Å². The van der Waals surface area contributed by atoms with Crippen molar-refractivity contribution in [3.63, 3.8) is 0 Å². The molecule has 1 rings (SSSR count). The summed E-state index contributed by atoms with van der Waals surface area (Å²) in [5.41, 5.74) is -0.153. The number of rotatable bonds is 4. The maximum Gasteiger partial charge on any atom is 0.310 e. The highest BCUT2D eigenvalue weighted by atomic mass is 35.6. The maximum absolute atomic E-state index is 11.6. The number of carbonyl (C=O) groups is 1. The van der Waals surface area contributed by atoms with E-state index in [1.165, 1.54) is 0 Å². The molecule has 0 radical (unpaired) electrons. The molecule has 94 valence electrons. The van der Waals surface area contributed by atoms with Crippen LogP contribution in [-0.2, 0) is 9.53 Å². The fourth-order valence-electron chi connectivity index (χ4n) is 2.55. The summed E-state index contributed by atoms with van der Waals surface area (Å²) in [5.74, 6) is -0.173. The molecule has 0 aromatic heterocycles. The third-order valence-electron chi connectivity index (χ3n) is 3.89. The molecule has 1 fully saturated rings. The number of hydrogen-bond donors (Lipinski definition) is 0. The Hall–Kier alpha value is 0.557. The van der Waals surface area contributed by atoms with Gasteiger partial charge in [0, 0.05) is 0 Å². The summed E-state index contributed by atoms with van der Waals surface area (Å²) in [6.07, 6.45) is -0.545. The van der Waals surface area contributed by atoms with Gasteiger partial charge in [-0.2, -0.15) is 0 Å². The van der Waals surface area contributed by atoms with Crippen LogP contribution in [0.3, 0.4) is 0 Å². The van der Waals surface area contributed by atoms with E-state index in [2.05, 4.69) is 20.8 Å². The molecule has 2 nitrogen and oxygen atoms in total. The number of hydrogen-bond acceptors (Lipinski definition) is 2. The van der Waals surface area contributed by atoms with Crippen LogP contribution in [0, 0.1) is 0 Å². The van der Waals surface area contributed by atoms with Gasteiger partial charge in [-0.3, -0.25) is 4.79 Å². The van der Waals surface area contributed by atoms with Gasteiger partial charge < -0.3 is 4.74 Å². The van der Waals surface area contributed by atoms with Crippen LogP contribution in [0.1, 0.15) is 20.8 Å². The second-order valence-electron chi connectivity index (χ2n) is 4.30. The van der Waals surface area contributed by atoms with Crippen LogP contribution in [-0.4, -0.2) is 23.9 Å². The van der Waals surface area contributed by atoms with Gasteiger partial charge in [-0.25, -0.2) is 0 Å². The van der Waals surface area contributed by atoms with Crippen LogP contribution in [0.25, 0.3) is 0 Å². The highest BCUT2D eigenvalue weighted by Crippen LogP contribution is 2.51. The van der Waals surface area contributed by atoms with Crippen LogP contribution >= 0.6 is 34.8 Å². The highest BCUT2D eigenvalue weighted by Gasteiger charge is 2.61. The fraction of sp³-hybridized carbons (Fsp3) is 0.900. The lowest BCUT2D eigenvalue weighted by atomic mass is 10.2. The van der Waals surface area contributed by atoms with Crippen molar-refractivity contribution in [1.29, 1.82) is 0 Å². The van der Waals surface area contributed by atoms with E-state index in [-0.39, 0.29) is 11.5 Å². The SMILES string of the molecule is CC[Si](CC)(CC)[C@@H]1C(=O)O[C@H]1C(Cl)(Cl)Cl. The smallest absolute Gasteiger partial charge is 0.310 e. The zero-order chi connectivity index (χ0) is 12.6. The summed E-state index contributed by atoms with van der Waals surface area (Å²) >= 11 is 17.5. The maximum atomic E-state index is 11.6. The van der Waals surface area contributed by atoms with Gasteiger partial charge in [0.1, 0.15) is 0 Å².